The fourth-order valence-electron chi connectivity index (χ4n) is 1.46. The molecule has 0 radical (unpaired) electrons. The molecule has 0 unspecified atom stereocenters. The fourth-order valence-corrected chi connectivity index (χ4v) is 2.14. The van der Waals surface area contributed by atoms with Crippen LogP contribution in [0.15, 0.2) is 30.5 Å². The number of anilines is 2. The molecule has 0 saturated carbocycles. The maximum absolute atomic E-state index is 11.6. The topological polar surface area (TPSA) is 77.2 Å². The van der Waals surface area contributed by atoms with Crippen molar-refractivity contribution in [2.45, 2.75) is 13.3 Å². The van der Waals surface area contributed by atoms with Gasteiger partial charge in [0.2, 0.25) is 5.91 Å². The molecule has 2 aromatic rings. The highest BCUT2D eigenvalue weighted by molar-refractivity contribution is 7.15. The van der Waals surface area contributed by atoms with Crippen LogP contribution in [0, 0.1) is 6.92 Å². The summed E-state index contributed by atoms with van der Waals surface area (Å²) in [4.78, 5) is 16.8. The third kappa shape index (κ3) is 4.26. The zero-order chi connectivity index (χ0) is 13.7. The molecule has 3 N–H and O–H groups in total. The first kappa shape index (κ1) is 13.4. The number of ether oxygens (including phenoxy) is 1. The van der Waals surface area contributed by atoms with Crippen LogP contribution >= 0.6 is 11.3 Å². The molecule has 0 aliphatic rings. The lowest BCUT2D eigenvalue weighted by atomic mass is 10.3. The van der Waals surface area contributed by atoms with Gasteiger partial charge in [-0.1, -0.05) is 6.07 Å². The monoisotopic (exact) mass is 277 g/mol. The Morgan fingerprint density at radius 1 is 1.53 bits per heavy atom. The van der Waals surface area contributed by atoms with E-state index in [9.17, 15) is 4.79 Å². The van der Waals surface area contributed by atoms with Crippen LogP contribution in [0.2, 0.25) is 0 Å². The van der Waals surface area contributed by atoms with Gasteiger partial charge in [0.05, 0.1) is 13.0 Å². The zero-order valence-corrected chi connectivity index (χ0v) is 11.4. The average Bonchev–Trinajstić information content (AvgIpc) is 2.75. The SMILES string of the molecule is Cc1cnc(NC(=O)CCOc2cccc(N)c2)s1. The number of carbonyl (C=O) groups excluding carboxylic acids is 1. The maximum atomic E-state index is 11.6. The molecule has 0 spiro atoms. The number of carbonyl (C=O) groups is 1. The lowest BCUT2D eigenvalue weighted by molar-refractivity contribution is -0.116. The average molecular weight is 277 g/mol. The number of amides is 1. The highest BCUT2D eigenvalue weighted by atomic mass is 32.1. The molecule has 2 rings (SSSR count). The highest BCUT2D eigenvalue weighted by Crippen LogP contribution is 2.17. The van der Waals surface area contributed by atoms with Gasteiger partial charge in [0.1, 0.15) is 5.75 Å². The lowest BCUT2D eigenvalue weighted by Gasteiger charge is -2.06. The van der Waals surface area contributed by atoms with Crippen LogP contribution in [0.4, 0.5) is 10.8 Å². The number of aryl methyl sites for hydroxylation is 1. The highest BCUT2D eigenvalue weighted by Gasteiger charge is 2.05. The van der Waals surface area contributed by atoms with Crippen molar-refractivity contribution in [3.63, 3.8) is 0 Å². The predicted octanol–water partition coefficient (Wildman–Crippen LogP) is 2.44. The Bertz CT molecular complexity index is 569. The minimum atomic E-state index is -0.113. The number of hydrogen-bond donors (Lipinski definition) is 2. The molecule has 1 aromatic heterocycles. The molecule has 100 valence electrons. The summed E-state index contributed by atoms with van der Waals surface area (Å²) in [5, 5.41) is 3.34. The number of nitrogen functional groups attached to an aromatic ring is 1. The van der Waals surface area contributed by atoms with Gasteiger partial charge < -0.3 is 15.8 Å². The van der Waals surface area contributed by atoms with Crippen LogP contribution in [-0.4, -0.2) is 17.5 Å². The number of nitrogens with zero attached hydrogens (tertiary/aromatic N) is 1. The van der Waals surface area contributed by atoms with E-state index in [1.807, 2.05) is 13.0 Å². The molecule has 0 saturated heterocycles. The van der Waals surface area contributed by atoms with Crippen LogP contribution in [0.3, 0.4) is 0 Å². The third-order valence-electron chi connectivity index (χ3n) is 2.32. The molecule has 6 heteroatoms. The van der Waals surface area contributed by atoms with Gasteiger partial charge in [-0.3, -0.25) is 4.79 Å². The number of rotatable bonds is 5. The standard InChI is InChI=1S/C13H15N3O2S/c1-9-8-15-13(19-9)16-12(17)5-6-18-11-4-2-3-10(14)7-11/h2-4,7-8H,5-6,14H2,1H3,(H,15,16,17). The van der Waals surface area contributed by atoms with Crippen LogP contribution < -0.4 is 15.8 Å². The number of nitrogens with one attached hydrogen (secondary N) is 1. The molecule has 0 aliphatic heterocycles. The van der Waals surface area contributed by atoms with Gasteiger partial charge in [-0.05, 0) is 19.1 Å². The van der Waals surface area contributed by atoms with Gasteiger partial charge in [0.15, 0.2) is 5.13 Å². The van der Waals surface area contributed by atoms with Gasteiger partial charge >= 0.3 is 0 Å². The van der Waals surface area contributed by atoms with Gasteiger partial charge in [0.25, 0.3) is 0 Å². The molecule has 19 heavy (non-hydrogen) atoms. The number of thiazole rings is 1. The Morgan fingerprint density at radius 3 is 3.05 bits per heavy atom. The number of nitrogens with two attached hydrogens (primary N) is 1. The Balaban J connectivity index is 1.75. The first-order chi connectivity index (χ1) is 9.13. The Labute approximate surface area is 115 Å². The molecule has 1 amide bonds. The molecule has 0 fully saturated rings. The van der Waals surface area contributed by atoms with Crippen LogP contribution in [0.1, 0.15) is 11.3 Å². The molecule has 0 bridgehead atoms. The number of benzene rings is 1. The number of hydrogen-bond acceptors (Lipinski definition) is 5. The molecule has 0 aliphatic carbocycles. The Hall–Kier alpha value is -2.08. The molecule has 1 heterocycles. The smallest absolute Gasteiger partial charge is 0.229 e. The van der Waals surface area contributed by atoms with Crippen molar-refractivity contribution in [2.75, 3.05) is 17.7 Å². The summed E-state index contributed by atoms with van der Waals surface area (Å²) >= 11 is 1.45. The minimum absolute atomic E-state index is 0.113. The Morgan fingerprint density at radius 2 is 2.37 bits per heavy atom. The van der Waals surface area contributed by atoms with E-state index < -0.39 is 0 Å². The van der Waals surface area contributed by atoms with Crippen molar-refractivity contribution in [3.05, 3.63) is 35.3 Å². The van der Waals surface area contributed by atoms with Crippen molar-refractivity contribution in [2.24, 2.45) is 0 Å². The van der Waals surface area contributed by atoms with Crippen LogP contribution in [0.5, 0.6) is 5.75 Å². The van der Waals surface area contributed by atoms with E-state index >= 15 is 0 Å². The van der Waals surface area contributed by atoms with Gasteiger partial charge in [0, 0.05) is 22.8 Å². The number of aromatic nitrogens is 1. The van der Waals surface area contributed by atoms with E-state index in [2.05, 4.69) is 10.3 Å². The third-order valence-corrected chi connectivity index (χ3v) is 3.15. The second-order valence-electron chi connectivity index (χ2n) is 4.00. The van der Waals surface area contributed by atoms with Gasteiger partial charge in [-0.2, -0.15) is 0 Å². The summed E-state index contributed by atoms with van der Waals surface area (Å²) < 4.78 is 5.44. The molecule has 1 aromatic carbocycles. The van der Waals surface area contributed by atoms with E-state index in [0.717, 1.165) is 4.88 Å². The largest absolute Gasteiger partial charge is 0.493 e. The van der Waals surface area contributed by atoms with E-state index in [1.165, 1.54) is 11.3 Å². The molecular formula is C13H15N3O2S. The van der Waals surface area contributed by atoms with Gasteiger partial charge in [-0.25, -0.2) is 4.98 Å². The predicted molar refractivity (Wildman–Crippen MR) is 76.4 cm³/mol. The van der Waals surface area contributed by atoms with E-state index in [0.29, 0.717) is 23.2 Å². The first-order valence-electron chi connectivity index (χ1n) is 5.84. The quantitative estimate of drug-likeness (QED) is 0.823. The van der Waals surface area contributed by atoms with Crippen molar-refractivity contribution >= 4 is 28.1 Å². The van der Waals surface area contributed by atoms with E-state index in [4.69, 9.17) is 10.5 Å². The molecule has 5 nitrogen and oxygen atoms in total. The van der Waals surface area contributed by atoms with E-state index in [-0.39, 0.29) is 12.3 Å². The second kappa shape index (κ2) is 6.19. The summed E-state index contributed by atoms with van der Waals surface area (Å²) in [6, 6.07) is 7.12. The summed E-state index contributed by atoms with van der Waals surface area (Å²) in [7, 11) is 0. The van der Waals surface area contributed by atoms with Crippen molar-refractivity contribution in [1.82, 2.24) is 4.98 Å². The maximum Gasteiger partial charge on any atom is 0.229 e. The zero-order valence-electron chi connectivity index (χ0n) is 10.6. The summed E-state index contributed by atoms with van der Waals surface area (Å²) in [5.74, 6) is 0.552. The summed E-state index contributed by atoms with van der Waals surface area (Å²) in [6.07, 6.45) is 2.00. The molecular weight excluding hydrogens is 262 g/mol. The van der Waals surface area contributed by atoms with Crippen molar-refractivity contribution in [1.29, 1.82) is 0 Å². The van der Waals surface area contributed by atoms with Crippen LogP contribution in [-0.2, 0) is 4.79 Å². The summed E-state index contributed by atoms with van der Waals surface area (Å²) in [5.41, 5.74) is 6.27. The van der Waals surface area contributed by atoms with Crippen LogP contribution in [0.25, 0.3) is 0 Å². The van der Waals surface area contributed by atoms with E-state index in [1.54, 1.807) is 24.4 Å². The van der Waals surface area contributed by atoms with Gasteiger partial charge in [-0.15, -0.1) is 11.3 Å². The second-order valence-corrected chi connectivity index (χ2v) is 5.23. The minimum Gasteiger partial charge on any atom is -0.493 e. The van der Waals surface area contributed by atoms with Crippen molar-refractivity contribution < 1.29 is 9.53 Å². The Kier molecular flexibility index (Phi) is 4.35. The normalized spacial score (nSPS) is 10.2. The van der Waals surface area contributed by atoms with Crippen molar-refractivity contribution in [3.8, 4) is 5.75 Å². The fraction of sp³-hybridized carbons (Fsp3) is 0.231. The summed E-state index contributed by atoms with van der Waals surface area (Å²) in [6.45, 7) is 2.25. The molecule has 0 atom stereocenters. The lowest BCUT2D eigenvalue weighted by Crippen LogP contribution is -2.15. The first-order valence-corrected chi connectivity index (χ1v) is 6.66.